The number of benzene rings is 8. The van der Waals surface area contributed by atoms with Crippen LogP contribution in [0.4, 0.5) is 17.1 Å². The van der Waals surface area contributed by atoms with Crippen LogP contribution in [0.1, 0.15) is 0 Å². The molecule has 0 saturated heterocycles. The van der Waals surface area contributed by atoms with E-state index < -0.39 is 0 Å². The van der Waals surface area contributed by atoms with E-state index >= 15 is 0 Å². The van der Waals surface area contributed by atoms with Crippen LogP contribution in [0.3, 0.4) is 0 Å². The van der Waals surface area contributed by atoms with Gasteiger partial charge in [-0.1, -0.05) is 127 Å². The van der Waals surface area contributed by atoms with Crippen molar-refractivity contribution in [1.82, 2.24) is 4.98 Å². The van der Waals surface area contributed by atoms with Gasteiger partial charge in [0.1, 0.15) is 5.52 Å². The van der Waals surface area contributed by atoms with Crippen LogP contribution in [-0.2, 0) is 0 Å². The Balaban J connectivity index is 1.10. The molecule has 8 aromatic carbocycles. The van der Waals surface area contributed by atoms with Gasteiger partial charge in [0.05, 0.1) is 0 Å². The Morgan fingerprint density at radius 1 is 0.396 bits per heavy atom. The molecule has 0 spiro atoms. The van der Waals surface area contributed by atoms with Crippen molar-refractivity contribution in [3.63, 3.8) is 0 Å². The Bertz CT molecular complexity index is 2560. The zero-order chi connectivity index (χ0) is 31.9. The van der Waals surface area contributed by atoms with Crippen LogP contribution in [0.2, 0.25) is 0 Å². The van der Waals surface area contributed by atoms with E-state index in [-0.39, 0.29) is 0 Å². The highest BCUT2D eigenvalue weighted by Gasteiger charge is 2.17. The zero-order valence-corrected chi connectivity index (χ0v) is 26.1. The minimum Gasteiger partial charge on any atom is -0.435 e. The van der Waals surface area contributed by atoms with Crippen molar-refractivity contribution in [3.8, 4) is 33.7 Å². The molecule has 0 aliphatic heterocycles. The molecule has 0 atom stereocenters. The SMILES string of the molecule is c1ccc(N(c2ccc(-c3cccc4nc(-c5ccc6ccccc6c5)oc34)cc2)c2cccc(-c3cccc4ccccc34)c2)cc1. The highest BCUT2D eigenvalue weighted by molar-refractivity contribution is 5.98. The van der Waals surface area contributed by atoms with Crippen LogP contribution in [0.15, 0.2) is 186 Å². The summed E-state index contributed by atoms with van der Waals surface area (Å²) >= 11 is 0. The molecule has 226 valence electrons. The van der Waals surface area contributed by atoms with E-state index in [9.17, 15) is 0 Å². The summed E-state index contributed by atoms with van der Waals surface area (Å²) in [5.74, 6) is 0.626. The summed E-state index contributed by atoms with van der Waals surface area (Å²) in [7, 11) is 0. The van der Waals surface area contributed by atoms with Gasteiger partial charge in [-0.2, -0.15) is 0 Å². The minimum absolute atomic E-state index is 0.626. The molecule has 0 aliphatic rings. The van der Waals surface area contributed by atoms with Gasteiger partial charge in [0.15, 0.2) is 5.58 Å². The number of oxazole rings is 1. The normalized spacial score (nSPS) is 11.3. The van der Waals surface area contributed by atoms with Gasteiger partial charge in [0, 0.05) is 28.2 Å². The first-order valence-electron chi connectivity index (χ1n) is 16.2. The van der Waals surface area contributed by atoms with E-state index in [1.807, 2.05) is 12.1 Å². The standard InChI is InChI=1S/C45H30N2O/c1-2-16-37(17-3-1)47(39-18-8-15-35(30-39)41-20-9-14-32-12-6-7-19-40(32)41)38-27-25-33(26-28-38)42-21-10-22-43-44(42)48-45(46-43)36-24-23-31-11-4-5-13-34(31)29-36/h1-30H. The molecule has 0 bridgehead atoms. The molecule has 0 N–H and O–H groups in total. The summed E-state index contributed by atoms with van der Waals surface area (Å²) in [6.07, 6.45) is 0. The molecule has 0 saturated carbocycles. The van der Waals surface area contributed by atoms with Crippen LogP contribution in [0.25, 0.3) is 66.4 Å². The van der Waals surface area contributed by atoms with Crippen molar-refractivity contribution < 1.29 is 4.42 Å². The minimum atomic E-state index is 0.626. The largest absolute Gasteiger partial charge is 0.435 e. The number of para-hydroxylation sites is 2. The van der Waals surface area contributed by atoms with Crippen LogP contribution >= 0.6 is 0 Å². The van der Waals surface area contributed by atoms with Gasteiger partial charge in [0.2, 0.25) is 5.89 Å². The first-order valence-corrected chi connectivity index (χ1v) is 16.2. The van der Waals surface area contributed by atoms with Gasteiger partial charge < -0.3 is 9.32 Å². The maximum atomic E-state index is 6.47. The second-order valence-corrected chi connectivity index (χ2v) is 12.0. The Hall–Kier alpha value is -6.45. The number of hydrogen-bond acceptors (Lipinski definition) is 3. The smallest absolute Gasteiger partial charge is 0.227 e. The molecule has 0 aliphatic carbocycles. The molecule has 1 heterocycles. The third kappa shape index (κ3) is 4.99. The maximum absolute atomic E-state index is 6.47. The quantitative estimate of drug-likeness (QED) is 0.187. The third-order valence-corrected chi connectivity index (χ3v) is 9.07. The van der Waals surface area contributed by atoms with E-state index in [1.165, 1.54) is 32.7 Å². The molecule has 3 nitrogen and oxygen atoms in total. The number of hydrogen-bond donors (Lipinski definition) is 0. The fourth-order valence-corrected chi connectivity index (χ4v) is 6.73. The Morgan fingerprint density at radius 3 is 1.92 bits per heavy atom. The topological polar surface area (TPSA) is 29.3 Å². The highest BCUT2D eigenvalue weighted by Crippen LogP contribution is 2.40. The fourth-order valence-electron chi connectivity index (χ4n) is 6.73. The Kier molecular flexibility index (Phi) is 6.80. The molecule has 0 fully saturated rings. The predicted molar refractivity (Wildman–Crippen MR) is 200 cm³/mol. The van der Waals surface area contributed by atoms with Gasteiger partial charge in [0.25, 0.3) is 0 Å². The Morgan fingerprint density at radius 2 is 1.04 bits per heavy atom. The van der Waals surface area contributed by atoms with E-state index in [2.05, 4.69) is 175 Å². The molecule has 0 unspecified atom stereocenters. The Labute approximate surface area is 279 Å². The van der Waals surface area contributed by atoms with Crippen molar-refractivity contribution in [2.75, 3.05) is 4.90 Å². The van der Waals surface area contributed by atoms with Crippen molar-refractivity contribution in [2.24, 2.45) is 0 Å². The van der Waals surface area contributed by atoms with Crippen molar-refractivity contribution in [2.45, 2.75) is 0 Å². The number of rotatable bonds is 6. The van der Waals surface area contributed by atoms with Crippen LogP contribution in [-0.4, -0.2) is 4.98 Å². The predicted octanol–water partition coefficient (Wildman–Crippen LogP) is 12.6. The van der Waals surface area contributed by atoms with Gasteiger partial charge >= 0.3 is 0 Å². The lowest BCUT2D eigenvalue weighted by molar-refractivity contribution is 0.621. The lowest BCUT2D eigenvalue weighted by atomic mass is 9.97. The van der Waals surface area contributed by atoms with E-state index in [1.54, 1.807) is 0 Å². The third-order valence-electron chi connectivity index (χ3n) is 9.07. The van der Waals surface area contributed by atoms with Crippen molar-refractivity contribution >= 4 is 49.7 Å². The summed E-state index contributed by atoms with van der Waals surface area (Å²) in [5, 5.41) is 4.85. The highest BCUT2D eigenvalue weighted by atomic mass is 16.3. The average molecular weight is 615 g/mol. The van der Waals surface area contributed by atoms with E-state index in [0.29, 0.717) is 5.89 Å². The first kappa shape index (κ1) is 27.8. The summed E-state index contributed by atoms with van der Waals surface area (Å²) < 4.78 is 6.47. The van der Waals surface area contributed by atoms with Gasteiger partial charge in [-0.3, -0.25) is 0 Å². The first-order chi connectivity index (χ1) is 23.8. The molecule has 0 radical (unpaired) electrons. The van der Waals surface area contributed by atoms with Crippen molar-refractivity contribution in [3.05, 3.63) is 182 Å². The number of anilines is 3. The maximum Gasteiger partial charge on any atom is 0.227 e. The van der Waals surface area contributed by atoms with Crippen LogP contribution < -0.4 is 4.90 Å². The summed E-state index contributed by atoms with van der Waals surface area (Å²) in [6.45, 7) is 0. The summed E-state index contributed by atoms with van der Waals surface area (Å²) in [5.41, 5.74) is 10.4. The molecule has 3 heteroatoms. The van der Waals surface area contributed by atoms with Crippen LogP contribution in [0.5, 0.6) is 0 Å². The van der Waals surface area contributed by atoms with Gasteiger partial charge in [-0.25, -0.2) is 4.98 Å². The van der Waals surface area contributed by atoms with E-state index in [4.69, 9.17) is 9.40 Å². The summed E-state index contributed by atoms with van der Waals surface area (Å²) in [6, 6.07) is 64.0. The second-order valence-electron chi connectivity index (χ2n) is 12.0. The number of fused-ring (bicyclic) bond motifs is 3. The summed E-state index contributed by atoms with van der Waals surface area (Å²) in [4.78, 5) is 7.19. The monoisotopic (exact) mass is 614 g/mol. The van der Waals surface area contributed by atoms with Gasteiger partial charge in [-0.05, 0) is 92.8 Å². The van der Waals surface area contributed by atoms with Gasteiger partial charge in [-0.15, -0.1) is 0 Å². The average Bonchev–Trinajstić information content (AvgIpc) is 3.60. The molecular formula is C45H30N2O. The fraction of sp³-hybridized carbons (Fsp3) is 0. The molecule has 9 aromatic rings. The molecule has 48 heavy (non-hydrogen) atoms. The van der Waals surface area contributed by atoms with Crippen molar-refractivity contribution in [1.29, 1.82) is 0 Å². The molecule has 9 rings (SSSR count). The number of aromatic nitrogens is 1. The molecule has 0 amide bonds. The molecular weight excluding hydrogens is 585 g/mol. The number of nitrogens with zero attached hydrogens (tertiary/aromatic N) is 2. The lowest BCUT2D eigenvalue weighted by Crippen LogP contribution is -2.09. The molecule has 1 aromatic heterocycles. The van der Waals surface area contributed by atoms with Crippen LogP contribution in [0, 0.1) is 0 Å². The zero-order valence-electron chi connectivity index (χ0n) is 26.1. The second kappa shape index (κ2) is 11.7. The lowest BCUT2D eigenvalue weighted by Gasteiger charge is -2.26. The van der Waals surface area contributed by atoms with E-state index in [0.717, 1.165) is 44.9 Å².